The minimum atomic E-state index is -0.811. The van der Waals surface area contributed by atoms with Crippen molar-refractivity contribution in [2.75, 3.05) is 11.9 Å². The molecule has 29 heavy (non-hydrogen) atoms. The first-order valence-electron chi connectivity index (χ1n) is 8.70. The SMILES string of the molecule is Cn1c(CCC(=O)OCC(=O)Nc2cc(F)ccc2F)nc2ccccc2c1=O. The maximum atomic E-state index is 13.5. The predicted molar refractivity (Wildman–Crippen MR) is 101 cm³/mol. The fraction of sp³-hybridized carbons (Fsp3) is 0.200. The number of aromatic nitrogens is 2. The van der Waals surface area contributed by atoms with Crippen LogP contribution in [-0.2, 0) is 27.8 Å². The number of ether oxygens (including phenoxy) is 1. The van der Waals surface area contributed by atoms with E-state index in [1.165, 1.54) is 4.57 Å². The van der Waals surface area contributed by atoms with Crippen LogP contribution in [0.4, 0.5) is 14.5 Å². The Kier molecular flexibility index (Phi) is 5.96. The molecule has 0 saturated carbocycles. The molecule has 1 amide bonds. The summed E-state index contributed by atoms with van der Waals surface area (Å²) in [5.41, 5.74) is -0.0488. The van der Waals surface area contributed by atoms with Crippen LogP contribution in [0.5, 0.6) is 0 Å². The summed E-state index contributed by atoms with van der Waals surface area (Å²) in [5, 5.41) is 2.60. The number of carbonyl (C=O) groups excluding carboxylic acids is 2. The van der Waals surface area contributed by atoms with E-state index in [1.54, 1.807) is 31.3 Å². The van der Waals surface area contributed by atoms with Gasteiger partial charge in [0.2, 0.25) is 0 Å². The van der Waals surface area contributed by atoms with E-state index in [0.29, 0.717) is 16.7 Å². The molecule has 2 aromatic carbocycles. The van der Waals surface area contributed by atoms with Crippen LogP contribution in [0.25, 0.3) is 10.9 Å². The lowest BCUT2D eigenvalue weighted by molar-refractivity contribution is -0.147. The third-order valence-corrected chi connectivity index (χ3v) is 4.20. The summed E-state index contributed by atoms with van der Waals surface area (Å²) in [4.78, 5) is 40.4. The van der Waals surface area contributed by atoms with Gasteiger partial charge >= 0.3 is 5.97 Å². The Labute approximate surface area is 163 Å². The van der Waals surface area contributed by atoms with Gasteiger partial charge in [-0.15, -0.1) is 0 Å². The fourth-order valence-corrected chi connectivity index (χ4v) is 2.70. The highest BCUT2D eigenvalue weighted by Crippen LogP contribution is 2.15. The van der Waals surface area contributed by atoms with Crippen LogP contribution < -0.4 is 10.9 Å². The van der Waals surface area contributed by atoms with Crippen molar-refractivity contribution in [2.24, 2.45) is 7.05 Å². The van der Waals surface area contributed by atoms with Gasteiger partial charge in [-0.25, -0.2) is 13.8 Å². The largest absolute Gasteiger partial charge is 0.456 e. The predicted octanol–water partition coefficient (Wildman–Crippen LogP) is 2.33. The molecule has 0 atom stereocenters. The first-order chi connectivity index (χ1) is 13.8. The first-order valence-corrected chi connectivity index (χ1v) is 8.70. The second-order valence-electron chi connectivity index (χ2n) is 6.24. The van der Waals surface area contributed by atoms with Gasteiger partial charge in [-0.3, -0.25) is 19.0 Å². The van der Waals surface area contributed by atoms with Crippen molar-refractivity contribution in [2.45, 2.75) is 12.8 Å². The summed E-state index contributed by atoms with van der Waals surface area (Å²) in [6.07, 6.45) is 0.0236. The van der Waals surface area contributed by atoms with Crippen molar-refractivity contribution in [1.82, 2.24) is 9.55 Å². The molecule has 1 aromatic heterocycles. The Morgan fingerprint density at radius 2 is 1.93 bits per heavy atom. The van der Waals surface area contributed by atoms with Gasteiger partial charge in [0, 0.05) is 19.5 Å². The number of anilines is 1. The number of esters is 1. The van der Waals surface area contributed by atoms with E-state index >= 15 is 0 Å². The van der Waals surface area contributed by atoms with E-state index in [1.807, 2.05) is 0 Å². The standard InChI is InChI=1S/C20H17F2N3O4/c1-25-17(23-15-5-3-2-4-13(15)20(25)28)8-9-19(27)29-11-18(26)24-16-10-12(21)6-7-14(16)22/h2-7,10H,8-9,11H2,1H3,(H,24,26). The zero-order valence-electron chi connectivity index (χ0n) is 15.4. The number of halogens is 2. The van der Waals surface area contributed by atoms with Crippen molar-refractivity contribution >= 4 is 28.5 Å². The Balaban J connectivity index is 1.56. The molecule has 0 aliphatic carbocycles. The summed E-state index contributed by atoms with van der Waals surface area (Å²) in [5.74, 6) is -2.63. The van der Waals surface area contributed by atoms with Gasteiger partial charge in [0.1, 0.15) is 17.5 Å². The number of fused-ring (bicyclic) bond motifs is 1. The number of rotatable bonds is 6. The third-order valence-electron chi connectivity index (χ3n) is 4.20. The molecule has 0 spiro atoms. The Morgan fingerprint density at radius 1 is 1.17 bits per heavy atom. The van der Waals surface area contributed by atoms with Crippen molar-refractivity contribution in [3.63, 3.8) is 0 Å². The maximum absolute atomic E-state index is 13.5. The molecular formula is C20H17F2N3O4. The van der Waals surface area contributed by atoms with Crippen LogP contribution in [0.3, 0.4) is 0 Å². The van der Waals surface area contributed by atoms with Crippen LogP contribution in [0.1, 0.15) is 12.2 Å². The number of nitrogens with one attached hydrogen (secondary N) is 1. The van der Waals surface area contributed by atoms with Gasteiger partial charge in [-0.05, 0) is 24.3 Å². The highest BCUT2D eigenvalue weighted by Gasteiger charge is 2.13. The van der Waals surface area contributed by atoms with Crippen LogP contribution in [0.2, 0.25) is 0 Å². The summed E-state index contributed by atoms with van der Waals surface area (Å²) in [6, 6.07) is 9.48. The van der Waals surface area contributed by atoms with Gasteiger partial charge in [-0.2, -0.15) is 0 Å². The number of para-hydroxylation sites is 1. The number of hydrogen-bond donors (Lipinski definition) is 1. The molecule has 1 N–H and O–H groups in total. The lowest BCUT2D eigenvalue weighted by Gasteiger charge is -2.10. The highest BCUT2D eigenvalue weighted by molar-refractivity contribution is 5.92. The van der Waals surface area contributed by atoms with E-state index in [2.05, 4.69) is 10.3 Å². The van der Waals surface area contributed by atoms with Crippen LogP contribution in [-0.4, -0.2) is 28.0 Å². The van der Waals surface area contributed by atoms with Gasteiger partial charge in [-0.1, -0.05) is 12.1 Å². The third kappa shape index (κ3) is 4.81. The molecule has 0 aliphatic heterocycles. The molecule has 1 heterocycles. The smallest absolute Gasteiger partial charge is 0.306 e. The van der Waals surface area contributed by atoms with Gasteiger partial charge in [0.15, 0.2) is 6.61 Å². The Morgan fingerprint density at radius 3 is 2.72 bits per heavy atom. The molecule has 0 unspecified atom stereocenters. The molecule has 0 bridgehead atoms. The summed E-state index contributed by atoms with van der Waals surface area (Å²) in [6.45, 7) is -0.654. The van der Waals surface area contributed by atoms with E-state index in [0.717, 1.165) is 18.2 Å². The van der Waals surface area contributed by atoms with Crippen molar-refractivity contribution in [3.8, 4) is 0 Å². The van der Waals surface area contributed by atoms with Crippen molar-refractivity contribution < 1.29 is 23.1 Å². The summed E-state index contributed by atoms with van der Waals surface area (Å²) in [7, 11) is 1.56. The Hall–Kier alpha value is -3.62. The summed E-state index contributed by atoms with van der Waals surface area (Å²) >= 11 is 0. The molecule has 0 radical (unpaired) electrons. The highest BCUT2D eigenvalue weighted by atomic mass is 19.1. The normalized spacial score (nSPS) is 10.7. The molecule has 3 rings (SSSR count). The number of carbonyl (C=O) groups is 2. The fourth-order valence-electron chi connectivity index (χ4n) is 2.70. The first kappa shape index (κ1) is 20.1. The van der Waals surface area contributed by atoms with Crippen LogP contribution in [0, 0.1) is 11.6 Å². The average Bonchev–Trinajstić information content (AvgIpc) is 2.71. The second kappa shape index (κ2) is 8.59. The zero-order valence-corrected chi connectivity index (χ0v) is 15.4. The topological polar surface area (TPSA) is 90.3 Å². The maximum Gasteiger partial charge on any atom is 0.306 e. The van der Waals surface area contributed by atoms with E-state index < -0.39 is 30.1 Å². The van der Waals surface area contributed by atoms with E-state index in [-0.39, 0.29) is 24.1 Å². The Bertz CT molecular complexity index is 1140. The number of aryl methyl sites for hydroxylation is 1. The molecule has 9 heteroatoms. The van der Waals surface area contributed by atoms with Crippen LogP contribution in [0.15, 0.2) is 47.3 Å². The number of amides is 1. The second-order valence-corrected chi connectivity index (χ2v) is 6.24. The number of hydrogen-bond acceptors (Lipinski definition) is 5. The number of benzene rings is 2. The van der Waals surface area contributed by atoms with E-state index in [9.17, 15) is 23.2 Å². The lowest BCUT2D eigenvalue weighted by Crippen LogP contribution is -2.24. The molecule has 0 saturated heterocycles. The monoisotopic (exact) mass is 401 g/mol. The molecule has 0 fully saturated rings. The average molecular weight is 401 g/mol. The molecule has 3 aromatic rings. The number of nitrogens with zero attached hydrogens (tertiary/aromatic N) is 2. The van der Waals surface area contributed by atoms with Gasteiger partial charge in [0.05, 0.1) is 23.0 Å². The summed E-state index contributed by atoms with van der Waals surface area (Å²) < 4.78 is 32.8. The molecular weight excluding hydrogens is 384 g/mol. The van der Waals surface area contributed by atoms with Crippen LogP contribution >= 0.6 is 0 Å². The van der Waals surface area contributed by atoms with E-state index in [4.69, 9.17) is 4.74 Å². The zero-order chi connectivity index (χ0) is 21.0. The minimum absolute atomic E-state index is 0.111. The molecule has 150 valence electrons. The molecule has 0 aliphatic rings. The van der Waals surface area contributed by atoms with Gasteiger partial charge < -0.3 is 10.1 Å². The molecule has 7 nitrogen and oxygen atoms in total. The lowest BCUT2D eigenvalue weighted by atomic mass is 10.2. The quantitative estimate of drug-likeness (QED) is 0.641. The van der Waals surface area contributed by atoms with Crippen molar-refractivity contribution in [1.29, 1.82) is 0 Å². The van der Waals surface area contributed by atoms with Crippen molar-refractivity contribution in [3.05, 3.63) is 70.3 Å². The van der Waals surface area contributed by atoms with Gasteiger partial charge in [0.25, 0.3) is 11.5 Å². The minimum Gasteiger partial charge on any atom is -0.456 e.